The van der Waals surface area contributed by atoms with Crippen molar-refractivity contribution in [3.8, 4) is 0 Å². The summed E-state index contributed by atoms with van der Waals surface area (Å²) in [5, 5.41) is 10.8. The van der Waals surface area contributed by atoms with Crippen LogP contribution in [0.1, 0.15) is 22.3 Å². The Labute approximate surface area is 325 Å². The van der Waals surface area contributed by atoms with E-state index in [1.54, 1.807) is 0 Å². The third kappa shape index (κ3) is 6.61. The van der Waals surface area contributed by atoms with Gasteiger partial charge in [-0.25, -0.2) is 0 Å². The van der Waals surface area contributed by atoms with E-state index in [1.165, 1.54) is 98.4 Å². The molecular formula is C50H52BNSi2. The Kier molecular flexibility index (Phi) is 8.98. The molecule has 0 aliphatic carbocycles. The molecular weight excluding hydrogens is 682 g/mol. The number of benzene rings is 8. The molecule has 0 amide bonds. The van der Waals surface area contributed by atoms with Crippen molar-refractivity contribution in [1.82, 2.24) is 0 Å². The van der Waals surface area contributed by atoms with Crippen LogP contribution in [0.5, 0.6) is 0 Å². The molecule has 0 aliphatic rings. The number of aryl methyl sites for hydroxylation is 4. The summed E-state index contributed by atoms with van der Waals surface area (Å²) in [5.74, 6) is 0. The third-order valence-corrected chi connectivity index (χ3v) is 15.5. The first-order valence-corrected chi connectivity index (χ1v) is 26.5. The molecule has 54 heavy (non-hydrogen) atoms. The molecule has 8 rings (SSSR count). The van der Waals surface area contributed by atoms with Crippen LogP contribution in [0.4, 0.5) is 17.1 Å². The van der Waals surface area contributed by atoms with Crippen molar-refractivity contribution in [2.75, 3.05) is 4.90 Å². The van der Waals surface area contributed by atoms with Crippen LogP contribution >= 0.6 is 0 Å². The largest absolute Gasteiger partial charge is 0.310 e. The molecule has 0 radical (unpaired) electrons. The molecule has 0 aliphatic heterocycles. The van der Waals surface area contributed by atoms with Gasteiger partial charge in [-0.1, -0.05) is 191 Å². The highest BCUT2D eigenvalue weighted by Crippen LogP contribution is 2.43. The summed E-state index contributed by atoms with van der Waals surface area (Å²) in [7, 11) is -2.91. The van der Waals surface area contributed by atoms with E-state index in [2.05, 4.69) is 205 Å². The molecule has 268 valence electrons. The Bertz CT molecular complexity index is 2510. The summed E-state index contributed by atoms with van der Waals surface area (Å²) < 4.78 is 0. The van der Waals surface area contributed by atoms with Gasteiger partial charge in [-0.2, -0.15) is 0 Å². The molecule has 8 aromatic rings. The molecule has 0 atom stereocenters. The molecule has 0 bridgehead atoms. The highest BCUT2D eigenvalue weighted by molar-refractivity contribution is 6.97. The van der Waals surface area contributed by atoms with Crippen LogP contribution in [-0.2, 0) is 0 Å². The van der Waals surface area contributed by atoms with Crippen molar-refractivity contribution in [3.05, 3.63) is 156 Å². The molecule has 8 aromatic carbocycles. The van der Waals surface area contributed by atoms with Gasteiger partial charge in [0.05, 0.1) is 21.8 Å². The Morgan fingerprint density at radius 3 is 1.24 bits per heavy atom. The fourth-order valence-corrected chi connectivity index (χ4v) is 11.1. The highest BCUT2D eigenvalue weighted by Gasteiger charge is 2.27. The monoisotopic (exact) mass is 733 g/mol. The number of rotatable bonds is 8. The second kappa shape index (κ2) is 13.4. The SMILES string of the molecule is Cc1cc(C)cc(B(c2cc(C)cc(C)c2)c2ccc3ccc4c(N(c5ccc([Si](C)(C)C)cc5)c5ccc([Si](C)(C)C)cc5)ccc5ccc2c3c54)c1. The van der Waals surface area contributed by atoms with Crippen LogP contribution in [0, 0.1) is 27.7 Å². The zero-order valence-corrected chi connectivity index (χ0v) is 35.7. The predicted octanol–water partition coefficient (Wildman–Crippen LogP) is 10.9. The van der Waals surface area contributed by atoms with E-state index in [9.17, 15) is 0 Å². The van der Waals surface area contributed by atoms with Crippen LogP contribution < -0.4 is 31.7 Å². The molecule has 0 saturated carbocycles. The van der Waals surface area contributed by atoms with Crippen molar-refractivity contribution < 1.29 is 0 Å². The minimum atomic E-state index is -1.46. The van der Waals surface area contributed by atoms with Crippen molar-refractivity contribution in [1.29, 1.82) is 0 Å². The van der Waals surface area contributed by atoms with E-state index in [0.29, 0.717) is 0 Å². The summed E-state index contributed by atoms with van der Waals surface area (Å²) >= 11 is 0. The molecule has 4 heteroatoms. The Balaban J connectivity index is 1.39. The second-order valence-electron chi connectivity index (χ2n) is 17.9. The molecule has 0 fully saturated rings. The summed E-state index contributed by atoms with van der Waals surface area (Å²) in [6.07, 6.45) is 0. The van der Waals surface area contributed by atoms with Gasteiger partial charge < -0.3 is 4.90 Å². The lowest BCUT2D eigenvalue weighted by Crippen LogP contribution is -2.52. The minimum absolute atomic E-state index is 0.109. The predicted molar refractivity (Wildman–Crippen MR) is 247 cm³/mol. The average molecular weight is 734 g/mol. The van der Waals surface area contributed by atoms with Crippen LogP contribution in [0.3, 0.4) is 0 Å². The summed E-state index contributed by atoms with van der Waals surface area (Å²) in [5.41, 5.74) is 12.9. The first kappa shape index (κ1) is 36.1. The first-order chi connectivity index (χ1) is 25.7. The van der Waals surface area contributed by atoms with Crippen molar-refractivity contribution in [3.63, 3.8) is 0 Å². The number of hydrogen-bond acceptors (Lipinski definition) is 1. The second-order valence-corrected chi connectivity index (χ2v) is 28.0. The standard InChI is InChI=1S/C50H52BNSi2/c1-33-27-34(2)30-39(29-33)51(40-31-35(3)28-36(4)32-40)47-25-13-37-12-24-46-48(26-14-38-11-23-45(47)49(37)50(38)46)52(41-15-19-43(20-16-41)53(5,6)7)42-17-21-44(22-18-42)54(8,9)10/h11-32H,1-10H3. The van der Waals surface area contributed by atoms with Crippen LogP contribution in [-0.4, -0.2) is 22.9 Å². The van der Waals surface area contributed by atoms with Gasteiger partial charge in [0.15, 0.2) is 0 Å². The van der Waals surface area contributed by atoms with Gasteiger partial charge in [0, 0.05) is 16.8 Å². The van der Waals surface area contributed by atoms with Gasteiger partial charge in [-0.05, 0) is 85.0 Å². The minimum Gasteiger partial charge on any atom is -0.310 e. The zero-order chi connectivity index (χ0) is 38.1. The van der Waals surface area contributed by atoms with Crippen molar-refractivity contribution in [2.24, 2.45) is 0 Å². The fourth-order valence-electron chi connectivity index (χ4n) is 8.81. The van der Waals surface area contributed by atoms with Crippen LogP contribution in [0.15, 0.2) is 133 Å². The van der Waals surface area contributed by atoms with Gasteiger partial charge in [0.2, 0.25) is 6.71 Å². The average Bonchev–Trinajstić information content (AvgIpc) is 3.11. The lowest BCUT2D eigenvalue weighted by atomic mass is 9.36. The van der Waals surface area contributed by atoms with E-state index < -0.39 is 16.1 Å². The third-order valence-electron chi connectivity index (χ3n) is 11.4. The molecule has 0 spiro atoms. The Morgan fingerprint density at radius 2 is 0.796 bits per heavy atom. The maximum absolute atomic E-state index is 2.49. The Hall–Kier alpha value is -4.90. The van der Waals surface area contributed by atoms with Crippen LogP contribution in [0.25, 0.3) is 32.3 Å². The normalized spacial score (nSPS) is 12.3. The van der Waals surface area contributed by atoms with Gasteiger partial charge in [0.25, 0.3) is 0 Å². The van der Waals surface area contributed by atoms with E-state index in [-0.39, 0.29) is 6.71 Å². The van der Waals surface area contributed by atoms with E-state index in [4.69, 9.17) is 0 Å². The number of hydrogen-bond donors (Lipinski definition) is 0. The molecule has 0 saturated heterocycles. The maximum Gasteiger partial charge on any atom is 0.242 e. The highest BCUT2D eigenvalue weighted by atomic mass is 28.3. The van der Waals surface area contributed by atoms with Gasteiger partial charge >= 0.3 is 0 Å². The summed E-state index contributed by atoms with van der Waals surface area (Å²) in [4.78, 5) is 2.49. The number of anilines is 3. The quantitative estimate of drug-likeness (QED) is 0.111. The lowest BCUT2D eigenvalue weighted by molar-refractivity contribution is 1.30. The Morgan fingerprint density at radius 1 is 0.407 bits per heavy atom. The van der Waals surface area contributed by atoms with Gasteiger partial charge in [0.1, 0.15) is 0 Å². The first-order valence-electron chi connectivity index (χ1n) is 19.5. The van der Waals surface area contributed by atoms with E-state index in [1.807, 2.05) is 0 Å². The van der Waals surface area contributed by atoms with Gasteiger partial charge in [-0.15, -0.1) is 0 Å². The molecule has 0 heterocycles. The lowest BCUT2D eigenvalue weighted by Gasteiger charge is -2.29. The smallest absolute Gasteiger partial charge is 0.242 e. The van der Waals surface area contributed by atoms with E-state index >= 15 is 0 Å². The molecule has 0 unspecified atom stereocenters. The maximum atomic E-state index is 2.49. The van der Waals surface area contributed by atoms with Crippen LogP contribution in [0.2, 0.25) is 39.3 Å². The summed E-state index contributed by atoms with van der Waals surface area (Å²) in [6.45, 7) is 23.6. The summed E-state index contributed by atoms with van der Waals surface area (Å²) in [6, 6.07) is 51.9. The molecule has 0 N–H and O–H groups in total. The van der Waals surface area contributed by atoms with E-state index in [0.717, 1.165) is 0 Å². The topological polar surface area (TPSA) is 3.24 Å². The van der Waals surface area contributed by atoms with Crippen molar-refractivity contribution >= 4 is 99.0 Å². The molecule has 0 aromatic heterocycles. The van der Waals surface area contributed by atoms with Crippen molar-refractivity contribution in [2.45, 2.75) is 67.0 Å². The fraction of sp³-hybridized carbons (Fsp3) is 0.200. The van der Waals surface area contributed by atoms with Gasteiger partial charge in [-0.3, -0.25) is 0 Å². The zero-order valence-electron chi connectivity index (χ0n) is 33.7. The number of nitrogens with zero attached hydrogens (tertiary/aromatic N) is 1. The molecule has 1 nitrogen and oxygen atoms in total.